The fraction of sp³-hybridized carbons (Fsp3) is 0.148. The van der Waals surface area contributed by atoms with E-state index in [9.17, 15) is 19.7 Å². The first-order chi connectivity index (χ1) is 15.6. The lowest BCUT2D eigenvalue weighted by atomic mass is 9.67. The summed E-state index contributed by atoms with van der Waals surface area (Å²) in [7, 11) is 0. The van der Waals surface area contributed by atoms with Gasteiger partial charge in [0.25, 0.3) is 0 Å². The predicted molar refractivity (Wildman–Crippen MR) is 117 cm³/mol. The van der Waals surface area contributed by atoms with Crippen LogP contribution in [0, 0.1) is 33.9 Å². The van der Waals surface area contributed by atoms with E-state index in [4.69, 9.17) is 0 Å². The molecule has 0 aliphatic carbocycles. The molecule has 0 radical (unpaired) electrons. The zero-order valence-electron chi connectivity index (χ0n) is 17.0. The highest BCUT2D eigenvalue weighted by Gasteiger charge is 2.63. The molecular formula is C27H18FN3O. The first-order valence-electron chi connectivity index (χ1n) is 10.3. The van der Waals surface area contributed by atoms with Crippen LogP contribution in [-0.4, -0.2) is 16.7 Å². The number of carbonyl (C=O) groups is 1. The van der Waals surface area contributed by atoms with E-state index in [1.807, 2.05) is 47.5 Å². The maximum atomic E-state index is 13.8. The normalized spacial score (nSPS) is 22.3. The van der Waals surface area contributed by atoms with Gasteiger partial charge in [-0.15, -0.1) is 0 Å². The molecule has 0 unspecified atom stereocenters. The van der Waals surface area contributed by atoms with Crippen molar-refractivity contribution in [3.05, 3.63) is 113 Å². The number of fused-ring (bicyclic) bond motifs is 3. The number of nitrogens with zero attached hydrogens (tertiary/aromatic N) is 3. The summed E-state index contributed by atoms with van der Waals surface area (Å²) in [6, 6.07) is 25.4. The summed E-state index contributed by atoms with van der Waals surface area (Å²) in [4.78, 5) is 15.7. The zero-order chi connectivity index (χ0) is 22.3. The van der Waals surface area contributed by atoms with Crippen molar-refractivity contribution in [1.29, 1.82) is 10.5 Å². The number of Topliss-reactive ketones (excluding diaryl/α,β-unsaturated/α-hetero) is 1. The number of carbonyl (C=O) groups excluding carboxylic acids is 1. The fourth-order valence-corrected chi connectivity index (χ4v) is 5.11. The molecule has 2 aliphatic rings. The van der Waals surface area contributed by atoms with Gasteiger partial charge in [-0.25, -0.2) is 4.39 Å². The van der Waals surface area contributed by atoms with Crippen molar-refractivity contribution in [1.82, 2.24) is 4.90 Å². The molecule has 2 aliphatic heterocycles. The summed E-state index contributed by atoms with van der Waals surface area (Å²) in [5.74, 6) is -1.37. The molecule has 1 saturated heterocycles. The van der Waals surface area contributed by atoms with Gasteiger partial charge in [0.05, 0.1) is 18.2 Å². The Morgan fingerprint density at radius 1 is 0.906 bits per heavy atom. The molecule has 3 aromatic rings. The Hall–Kier alpha value is -4.22. The molecule has 3 aromatic carbocycles. The van der Waals surface area contributed by atoms with Crippen molar-refractivity contribution in [3.63, 3.8) is 0 Å². The Balaban J connectivity index is 1.78. The highest BCUT2D eigenvalue weighted by molar-refractivity contribution is 6.01. The van der Waals surface area contributed by atoms with Gasteiger partial charge in [-0.1, -0.05) is 66.7 Å². The van der Waals surface area contributed by atoms with E-state index < -0.39 is 29.2 Å². The highest BCUT2D eigenvalue weighted by Crippen LogP contribution is 2.59. The van der Waals surface area contributed by atoms with Crippen LogP contribution in [-0.2, 0) is 0 Å². The molecule has 0 bridgehead atoms. The number of hydrogen-bond acceptors (Lipinski definition) is 4. The Morgan fingerprint density at radius 3 is 2.25 bits per heavy atom. The average molecular weight is 419 g/mol. The van der Waals surface area contributed by atoms with Crippen LogP contribution in [0.1, 0.15) is 39.0 Å². The third-order valence-electron chi connectivity index (χ3n) is 6.50. The number of benzene rings is 3. The monoisotopic (exact) mass is 419 g/mol. The maximum absolute atomic E-state index is 13.8. The molecule has 0 amide bonds. The van der Waals surface area contributed by atoms with Crippen molar-refractivity contribution in [2.45, 2.75) is 18.0 Å². The van der Waals surface area contributed by atoms with Gasteiger partial charge in [0.2, 0.25) is 0 Å². The minimum absolute atomic E-state index is 0.179. The molecule has 1 fully saturated rings. The lowest BCUT2D eigenvalue weighted by Crippen LogP contribution is -2.37. The van der Waals surface area contributed by atoms with Gasteiger partial charge in [-0.05, 0) is 34.9 Å². The van der Waals surface area contributed by atoms with Gasteiger partial charge in [0.1, 0.15) is 11.9 Å². The summed E-state index contributed by atoms with van der Waals surface area (Å²) in [5.41, 5.74) is 1.28. The Labute approximate surface area is 185 Å². The molecule has 5 heteroatoms. The van der Waals surface area contributed by atoms with Crippen molar-refractivity contribution in [2.24, 2.45) is 5.41 Å². The smallest absolute Gasteiger partial charge is 0.185 e. The van der Waals surface area contributed by atoms with Crippen LogP contribution in [0.25, 0.3) is 6.08 Å². The predicted octanol–water partition coefficient (Wildman–Crippen LogP) is 5.24. The standard InChI is InChI=1S/C27H18FN3O/c28-21-12-10-19(11-13-21)23-24(25(32)20-7-2-1-3-8-20)31-15-14-18-6-4-5-9-22(18)26(31)27(23,16-29)17-30/h1-15,23-24,26H/t23-,24+,26+/m1/s1. The third kappa shape index (κ3) is 2.76. The second-order valence-corrected chi connectivity index (χ2v) is 8.09. The Morgan fingerprint density at radius 2 is 1.56 bits per heavy atom. The molecule has 3 atom stereocenters. The lowest BCUT2D eigenvalue weighted by Gasteiger charge is -2.34. The summed E-state index contributed by atoms with van der Waals surface area (Å²) >= 11 is 0. The topological polar surface area (TPSA) is 67.9 Å². The molecule has 0 saturated carbocycles. The van der Waals surface area contributed by atoms with Crippen LogP contribution in [0.2, 0.25) is 0 Å². The zero-order valence-corrected chi connectivity index (χ0v) is 17.0. The SMILES string of the molecule is N#CC1(C#N)[C@H](c2ccc(F)cc2)[C@@H](C(=O)c2ccccc2)N2C=Cc3ccccc3[C@H]21. The second kappa shape index (κ2) is 7.48. The molecule has 5 rings (SSSR count). The second-order valence-electron chi connectivity index (χ2n) is 8.09. The molecule has 4 nitrogen and oxygen atoms in total. The summed E-state index contributed by atoms with van der Waals surface area (Å²) in [6.45, 7) is 0. The summed E-state index contributed by atoms with van der Waals surface area (Å²) < 4.78 is 13.7. The van der Waals surface area contributed by atoms with Crippen LogP contribution in [0.15, 0.2) is 85.1 Å². The van der Waals surface area contributed by atoms with Crippen LogP contribution in [0.4, 0.5) is 4.39 Å². The van der Waals surface area contributed by atoms with E-state index in [1.54, 1.807) is 36.4 Å². The summed E-state index contributed by atoms with van der Waals surface area (Å²) in [6.07, 6.45) is 3.72. The van der Waals surface area contributed by atoms with Gasteiger partial charge in [-0.3, -0.25) is 4.79 Å². The quantitative estimate of drug-likeness (QED) is 0.545. The average Bonchev–Trinajstić information content (AvgIpc) is 3.15. The number of hydrogen-bond donors (Lipinski definition) is 0. The minimum Gasteiger partial charge on any atom is -0.357 e. The molecule has 0 spiro atoms. The highest BCUT2D eigenvalue weighted by atomic mass is 19.1. The van der Waals surface area contributed by atoms with Gasteiger partial charge in [-0.2, -0.15) is 10.5 Å². The minimum atomic E-state index is -1.55. The lowest BCUT2D eigenvalue weighted by molar-refractivity contribution is 0.0874. The molecule has 154 valence electrons. The van der Waals surface area contributed by atoms with E-state index in [2.05, 4.69) is 12.1 Å². The first-order valence-corrected chi connectivity index (χ1v) is 10.3. The number of ketones is 1. The van der Waals surface area contributed by atoms with Crippen LogP contribution < -0.4 is 0 Å². The van der Waals surface area contributed by atoms with E-state index >= 15 is 0 Å². The molecule has 0 N–H and O–H groups in total. The molecule has 2 heterocycles. The van der Waals surface area contributed by atoms with Crippen molar-refractivity contribution in [3.8, 4) is 12.1 Å². The van der Waals surface area contributed by atoms with Crippen molar-refractivity contribution < 1.29 is 9.18 Å². The molecule has 0 aromatic heterocycles. The van der Waals surface area contributed by atoms with Crippen LogP contribution >= 0.6 is 0 Å². The van der Waals surface area contributed by atoms with Gasteiger partial charge >= 0.3 is 0 Å². The Bertz CT molecular complexity index is 1290. The van der Waals surface area contributed by atoms with Crippen molar-refractivity contribution >= 4 is 11.9 Å². The first kappa shape index (κ1) is 19.7. The maximum Gasteiger partial charge on any atom is 0.185 e. The van der Waals surface area contributed by atoms with E-state index in [0.29, 0.717) is 11.1 Å². The Kier molecular flexibility index (Phi) is 4.61. The van der Waals surface area contributed by atoms with Crippen LogP contribution in [0.3, 0.4) is 0 Å². The van der Waals surface area contributed by atoms with Gasteiger partial charge in [0, 0.05) is 17.7 Å². The van der Waals surface area contributed by atoms with Crippen molar-refractivity contribution in [2.75, 3.05) is 0 Å². The summed E-state index contributed by atoms with van der Waals surface area (Å²) in [5, 5.41) is 20.9. The fourth-order valence-electron chi connectivity index (χ4n) is 5.11. The van der Waals surface area contributed by atoms with Gasteiger partial charge < -0.3 is 4.90 Å². The van der Waals surface area contributed by atoms with E-state index in [0.717, 1.165) is 11.1 Å². The molecular weight excluding hydrogens is 401 g/mol. The van der Waals surface area contributed by atoms with Crippen LogP contribution in [0.5, 0.6) is 0 Å². The number of halogens is 1. The number of rotatable bonds is 3. The third-order valence-corrected chi connectivity index (χ3v) is 6.50. The van der Waals surface area contributed by atoms with E-state index in [1.165, 1.54) is 12.1 Å². The molecule has 32 heavy (non-hydrogen) atoms. The largest absolute Gasteiger partial charge is 0.357 e. The number of nitriles is 2. The van der Waals surface area contributed by atoms with Gasteiger partial charge in [0.15, 0.2) is 11.2 Å². The van der Waals surface area contributed by atoms with E-state index in [-0.39, 0.29) is 5.78 Å².